The number of nitrogens with zero attached hydrogens (tertiary/aromatic N) is 4. The molecule has 270 valence electrons. The van der Waals surface area contributed by atoms with Crippen LogP contribution in [0.3, 0.4) is 0 Å². The lowest BCUT2D eigenvalue weighted by Crippen LogP contribution is -2.32. The molecule has 4 nitrogen and oxygen atoms in total. The standard InChI is InChI=1S/C53H32N4S/c54-33-34-25-27-35(28-26-34)36-29-31-37(32-30-36)40-18-11-23-46-49(40)58-47-24-10-9-21-44(47)53(46)43-20-8-7-17-41(43)48-42(19-12-22-45(48)53)52-56-50(38-13-3-1-4-14-38)55-51(57-52)39-15-5-2-6-16-39/h1-32H/t53-/m0/s1. The highest BCUT2D eigenvalue weighted by Gasteiger charge is 2.51. The average molecular weight is 757 g/mol. The first-order valence-corrected chi connectivity index (χ1v) is 20.1. The van der Waals surface area contributed by atoms with Crippen molar-refractivity contribution in [3.63, 3.8) is 0 Å². The van der Waals surface area contributed by atoms with E-state index in [1.807, 2.05) is 72.4 Å². The summed E-state index contributed by atoms with van der Waals surface area (Å²) in [5.41, 5.74) is 14.8. The zero-order valence-electron chi connectivity index (χ0n) is 31.2. The van der Waals surface area contributed by atoms with Crippen molar-refractivity contribution < 1.29 is 0 Å². The van der Waals surface area contributed by atoms with E-state index in [0.29, 0.717) is 23.0 Å². The first kappa shape index (κ1) is 33.9. The smallest absolute Gasteiger partial charge is 0.164 e. The molecule has 5 heteroatoms. The predicted octanol–water partition coefficient (Wildman–Crippen LogP) is 12.9. The molecule has 1 aliphatic carbocycles. The van der Waals surface area contributed by atoms with E-state index in [2.05, 4.69) is 140 Å². The van der Waals surface area contributed by atoms with Gasteiger partial charge in [-0.15, -0.1) is 0 Å². The summed E-state index contributed by atoms with van der Waals surface area (Å²) < 4.78 is 0. The Balaban J connectivity index is 1.14. The number of aromatic nitrogens is 3. The molecular weight excluding hydrogens is 725 g/mol. The Morgan fingerprint density at radius 3 is 1.55 bits per heavy atom. The van der Waals surface area contributed by atoms with Gasteiger partial charge >= 0.3 is 0 Å². The van der Waals surface area contributed by atoms with E-state index >= 15 is 0 Å². The van der Waals surface area contributed by atoms with Gasteiger partial charge in [-0.2, -0.15) is 5.26 Å². The van der Waals surface area contributed by atoms with Gasteiger partial charge in [0.05, 0.1) is 17.0 Å². The molecule has 0 amide bonds. The molecule has 11 rings (SSSR count). The minimum Gasteiger partial charge on any atom is -0.208 e. The second kappa shape index (κ2) is 13.7. The number of fused-ring (bicyclic) bond motifs is 9. The van der Waals surface area contributed by atoms with Crippen molar-refractivity contribution in [2.75, 3.05) is 0 Å². The molecule has 1 spiro atoms. The average Bonchev–Trinajstić information content (AvgIpc) is 3.60. The van der Waals surface area contributed by atoms with Crippen LogP contribution in [0.1, 0.15) is 27.8 Å². The topological polar surface area (TPSA) is 62.5 Å². The Bertz CT molecular complexity index is 3020. The summed E-state index contributed by atoms with van der Waals surface area (Å²) in [5.74, 6) is 1.93. The summed E-state index contributed by atoms with van der Waals surface area (Å²) in [6.07, 6.45) is 0. The minimum absolute atomic E-state index is 0.588. The van der Waals surface area contributed by atoms with E-state index < -0.39 is 5.41 Å². The Morgan fingerprint density at radius 1 is 0.379 bits per heavy atom. The van der Waals surface area contributed by atoms with Crippen molar-refractivity contribution in [2.45, 2.75) is 15.2 Å². The normalized spacial score (nSPS) is 14.5. The predicted molar refractivity (Wildman–Crippen MR) is 233 cm³/mol. The van der Waals surface area contributed by atoms with E-state index in [1.165, 1.54) is 43.2 Å². The highest BCUT2D eigenvalue weighted by molar-refractivity contribution is 7.99. The zero-order chi connectivity index (χ0) is 38.6. The van der Waals surface area contributed by atoms with Gasteiger partial charge < -0.3 is 0 Å². The molecule has 9 aromatic rings. The highest BCUT2D eigenvalue weighted by Crippen LogP contribution is 2.64. The minimum atomic E-state index is -0.588. The molecule has 2 heterocycles. The van der Waals surface area contributed by atoms with Crippen molar-refractivity contribution in [3.8, 4) is 73.6 Å². The Hall–Kier alpha value is -7.39. The number of nitriles is 1. The van der Waals surface area contributed by atoms with Crippen LogP contribution in [0.4, 0.5) is 0 Å². The van der Waals surface area contributed by atoms with Crippen LogP contribution in [0.2, 0.25) is 0 Å². The number of benzene rings is 8. The number of hydrogen-bond donors (Lipinski definition) is 0. The summed E-state index contributed by atoms with van der Waals surface area (Å²) in [4.78, 5) is 17.9. The molecule has 1 atom stereocenters. The largest absolute Gasteiger partial charge is 0.208 e. The van der Waals surface area contributed by atoms with Crippen LogP contribution in [0, 0.1) is 11.3 Å². The van der Waals surface area contributed by atoms with E-state index in [-0.39, 0.29) is 0 Å². The number of rotatable bonds is 5. The lowest BCUT2D eigenvalue weighted by molar-refractivity contribution is 0.723. The van der Waals surface area contributed by atoms with E-state index in [9.17, 15) is 5.26 Å². The molecule has 0 saturated heterocycles. The fourth-order valence-corrected chi connectivity index (χ4v) is 10.2. The highest BCUT2D eigenvalue weighted by atomic mass is 32.2. The maximum absolute atomic E-state index is 9.31. The first-order chi connectivity index (χ1) is 28.7. The lowest BCUT2D eigenvalue weighted by atomic mass is 9.67. The van der Waals surface area contributed by atoms with Gasteiger partial charge in [0.1, 0.15) is 0 Å². The van der Waals surface area contributed by atoms with Gasteiger partial charge in [-0.25, -0.2) is 15.0 Å². The molecule has 1 aliphatic heterocycles. The second-order valence-corrected chi connectivity index (χ2v) is 15.7. The third-order valence-electron chi connectivity index (χ3n) is 11.5. The molecule has 1 aromatic heterocycles. The van der Waals surface area contributed by atoms with Crippen molar-refractivity contribution in [3.05, 3.63) is 222 Å². The van der Waals surface area contributed by atoms with Gasteiger partial charge in [-0.3, -0.25) is 0 Å². The van der Waals surface area contributed by atoms with Crippen LogP contribution < -0.4 is 0 Å². The van der Waals surface area contributed by atoms with Gasteiger partial charge in [0, 0.05) is 26.5 Å². The van der Waals surface area contributed by atoms with Crippen LogP contribution in [-0.2, 0) is 5.41 Å². The van der Waals surface area contributed by atoms with Crippen LogP contribution in [0.25, 0.3) is 67.5 Å². The van der Waals surface area contributed by atoms with Gasteiger partial charge in [0.15, 0.2) is 17.5 Å². The molecular formula is C53H32N4S. The van der Waals surface area contributed by atoms with Crippen molar-refractivity contribution in [2.24, 2.45) is 0 Å². The first-order valence-electron chi connectivity index (χ1n) is 19.3. The van der Waals surface area contributed by atoms with Crippen molar-refractivity contribution in [1.29, 1.82) is 5.26 Å². The fraction of sp³-hybridized carbons (Fsp3) is 0.0189. The van der Waals surface area contributed by atoms with E-state index in [4.69, 9.17) is 15.0 Å². The second-order valence-electron chi connectivity index (χ2n) is 14.6. The monoisotopic (exact) mass is 756 g/mol. The fourth-order valence-electron chi connectivity index (χ4n) is 8.89. The lowest BCUT2D eigenvalue weighted by Gasteiger charge is -2.40. The van der Waals surface area contributed by atoms with Crippen molar-refractivity contribution >= 4 is 11.8 Å². The third kappa shape index (κ3) is 5.27. The molecule has 0 N–H and O–H groups in total. The SMILES string of the molecule is N#Cc1ccc(-c2ccc(-c3cccc4c3Sc3ccccc3[C@]43c4ccccc4-c4c(-c5nc(-c6ccccc6)nc(-c6ccccc6)n5)cccc43)cc2)cc1. The van der Waals surface area contributed by atoms with E-state index in [0.717, 1.165) is 38.9 Å². The summed E-state index contributed by atoms with van der Waals surface area (Å²) in [6.45, 7) is 0. The van der Waals surface area contributed by atoms with Crippen LogP contribution in [0.5, 0.6) is 0 Å². The van der Waals surface area contributed by atoms with Gasteiger partial charge in [-0.05, 0) is 73.8 Å². The Labute approximate surface area is 341 Å². The van der Waals surface area contributed by atoms with E-state index in [1.54, 1.807) is 0 Å². The molecule has 0 radical (unpaired) electrons. The molecule has 0 bridgehead atoms. The third-order valence-corrected chi connectivity index (χ3v) is 12.7. The van der Waals surface area contributed by atoms with Crippen LogP contribution >= 0.6 is 11.8 Å². The number of hydrogen-bond acceptors (Lipinski definition) is 5. The summed E-state index contributed by atoms with van der Waals surface area (Å²) in [6, 6.07) is 70.4. The molecule has 58 heavy (non-hydrogen) atoms. The molecule has 2 aliphatic rings. The van der Waals surface area contributed by atoms with Crippen molar-refractivity contribution in [1.82, 2.24) is 15.0 Å². The zero-order valence-corrected chi connectivity index (χ0v) is 32.0. The summed E-state index contributed by atoms with van der Waals surface area (Å²) in [7, 11) is 0. The quantitative estimate of drug-likeness (QED) is 0.175. The molecule has 0 fully saturated rings. The van der Waals surface area contributed by atoms with Crippen LogP contribution in [-0.4, -0.2) is 15.0 Å². The summed E-state index contributed by atoms with van der Waals surface area (Å²) >= 11 is 1.85. The van der Waals surface area contributed by atoms with Gasteiger partial charge in [-0.1, -0.05) is 188 Å². The Kier molecular flexibility index (Phi) is 7.99. The van der Waals surface area contributed by atoms with Crippen LogP contribution in [0.15, 0.2) is 204 Å². The van der Waals surface area contributed by atoms with Gasteiger partial charge in [0.2, 0.25) is 0 Å². The molecule has 0 unspecified atom stereocenters. The summed E-state index contributed by atoms with van der Waals surface area (Å²) in [5, 5.41) is 9.31. The molecule has 8 aromatic carbocycles. The van der Waals surface area contributed by atoms with Gasteiger partial charge in [0.25, 0.3) is 0 Å². The molecule has 0 saturated carbocycles. The Morgan fingerprint density at radius 2 is 0.879 bits per heavy atom. The maximum Gasteiger partial charge on any atom is 0.164 e. The maximum atomic E-state index is 9.31.